The second-order valence-corrected chi connectivity index (χ2v) is 6.38. The number of aryl methyl sites for hydroxylation is 2. The molecule has 1 aliphatic rings. The molecular weight excluding hydrogens is 314 g/mol. The summed E-state index contributed by atoms with van der Waals surface area (Å²) in [7, 11) is 0. The Labute approximate surface area is 139 Å². The number of carbonyl (C=O) groups excluding carboxylic acids is 1. The van der Waals surface area contributed by atoms with E-state index in [-0.39, 0.29) is 12.0 Å². The van der Waals surface area contributed by atoms with Crippen LogP contribution in [0.2, 0.25) is 0 Å². The summed E-state index contributed by atoms with van der Waals surface area (Å²) in [6.07, 6.45) is 1.43. The summed E-state index contributed by atoms with van der Waals surface area (Å²) in [5, 5.41) is 0.645. The van der Waals surface area contributed by atoms with E-state index in [1.54, 1.807) is 6.26 Å². The van der Waals surface area contributed by atoms with Gasteiger partial charge in [-0.25, -0.2) is 9.97 Å². The minimum atomic E-state index is -0.190. The lowest BCUT2D eigenvalue weighted by atomic mass is 10.2. The first kappa shape index (κ1) is 16.0. The Bertz CT molecular complexity index is 655. The normalized spacial score (nSPS) is 18.2. The van der Waals surface area contributed by atoms with Gasteiger partial charge in [0.05, 0.1) is 25.2 Å². The van der Waals surface area contributed by atoms with Crippen LogP contribution in [-0.4, -0.2) is 46.2 Å². The second-order valence-electron chi connectivity index (χ2n) is 5.44. The standard InChI is InChI=1S/C16H19N3O3S/c1-11-8-12(2)18-16(17-11)23-10-15(20)19-5-7-22-14(9-19)13-4-3-6-21-13/h3-4,6,8,14H,5,7,9-10H2,1-2H3/t14-/m0/s1. The maximum Gasteiger partial charge on any atom is 0.233 e. The molecular formula is C16H19N3O3S. The van der Waals surface area contributed by atoms with Gasteiger partial charge in [0, 0.05) is 17.9 Å². The number of furan rings is 1. The summed E-state index contributed by atoms with van der Waals surface area (Å²) in [5.41, 5.74) is 1.83. The van der Waals surface area contributed by atoms with Crippen molar-refractivity contribution in [2.45, 2.75) is 25.1 Å². The van der Waals surface area contributed by atoms with E-state index in [1.807, 2.05) is 36.9 Å². The summed E-state index contributed by atoms with van der Waals surface area (Å²) in [5.74, 6) is 1.15. The monoisotopic (exact) mass is 333 g/mol. The maximum absolute atomic E-state index is 12.4. The molecule has 6 nitrogen and oxygen atoms in total. The number of nitrogens with zero attached hydrogens (tertiary/aromatic N) is 3. The van der Waals surface area contributed by atoms with Gasteiger partial charge in [-0.15, -0.1) is 0 Å². The molecule has 0 N–H and O–H groups in total. The van der Waals surface area contributed by atoms with Crippen LogP contribution >= 0.6 is 11.8 Å². The number of hydrogen-bond donors (Lipinski definition) is 0. The molecule has 1 fully saturated rings. The van der Waals surface area contributed by atoms with Crippen LogP contribution in [0.4, 0.5) is 0 Å². The molecule has 23 heavy (non-hydrogen) atoms. The van der Waals surface area contributed by atoms with Gasteiger partial charge < -0.3 is 14.1 Å². The summed E-state index contributed by atoms with van der Waals surface area (Å²) in [6, 6.07) is 5.62. The zero-order valence-electron chi connectivity index (χ0n) is 13.2. The third kappa shape index (κ3) is 4.11. The van der Waals surface area contributed by atoms with E-state index < -0.39 is 0 Å². The zero-order valence-corrected chi connectivity index (χ0v) is 14.0. The van der Waals surface area contributed by atoms with Crippen molar-refractivity contribution in [2.75, 3.05) is 25.4 Å². The minimum Gasteiger partial charge on any atom is -0.467 e. The number of ether oxygens (including phenoxy) is 1. The van der Waals surface area contributed by atoms with Crippen molar-refractivity contribution in [1.29, 1.82) is 0 Å². The summed E-state index contributed by atoms with van der Waals surface area (Å²) >= 11 is 1.37. The molecule has 0 aliphatic carbocycles. The molecule has 122 valence electrons. The van der Waals surface area contributed by atoms with Crippen LogP contribution in [0.3, 0.4) is 0 Å². The lowest BCUT2D eigenvalue weighted by molar-refractivity contribution is -0.136. The van der Waals surface area contributed by atoms with Crippen LogP contribution in [0, 0.1) is 13.8 Å². The average molecular weight is 333 g/mol. The number of carbonyl (C=O) groups is 1. The van der Waals surface area contributed by atoms with Crippen LogP contribution in [-0.2, 0) is 9.53 Å². The fraction of sp³-hybridized carbons (Fsp3) is 0.438. The van der Waals surface area contributed by atoms with Gasteiger partial charge in [0.2, 0.25) is 5.91 Å². The van der Waals surface area contributed by atoms with Crippen molar-refractivity contribution >= 4 is 17.7 Å². The largest absolute Gasteiger partial charge is 0.467 e. The average Bonchev–Trinajstić information content (AvgIpc) is 3.06. The lowest BCUT2D eigenvalue weighted by Crippen LogP contribution is -2.43. The Hall–Kier alpha value is -1.86. The van der Waals surface area contributed by atoms with Crippen molar-refractivity contribution < 1.29 is 13.9 Å². The Morgan fingerprint density at radius 1 is 1.39 bits per heavy atom. The number of aromatic nitrogens is 2. The van der Waals surface area contributed by atoms with E-state index in [4.69, 9.17) is 9.15 Å². The molecule has 1 saturated heterocycles. The Kier molecular flexibility index (Phi) is 4.97. The van der Waals surface area contributed by atoms with E-state index in [9.17, 15) is 4.79 Å². The number of morpholine rings is 1. The molecule has 0 aromatic carbocycles. The van der Waals surface area contributed by atoms with Gasteiger partial charge in [0.15, 0.2) is 5.16 Å². The molecule has 0 unspecified atom stereocenters. The molecule has 2 aromatic rings. The highest BCUT2D eigenvalue weighted by atomic mass is 32.2. The Morgan fingerprint density at radius 2 is 2.17 bits per heavy atom. The highest BCUT2D eigenvalue weighted by molar-refractivity contribution is 7.99. The fourth-order valence-electron chi connectivity index (χ4n) is 2.50. The number of amides is 1. The summed E-state index contributed by atoms with van der Waals surface area (Å²) in [6.45, 7) is 5.49. The van der Waals surface area contributed by atoms with Gasteiger partial charge in [-0.05, 0) is 32.0 Å². The van der Waals surface area contributed by atoms with Crippen molar-refractivity contribution in [1.82, 2.24) is 14.9 Å². The van der Waals surface area contributed by atoms with Gasteiger partial charge in [-0.2, -0.15) is 0 Å². The number of rotatable bonds is 4. The number of thioether (sulfide) groups is 1. The van der Waals surface area contributed by atoms with Crippen LogP contribution in [0.1, 0.15) is 23.3 Å². The summed E-state index contributed by atoms with van der Waals surface area (Å²) < 4.78 is 11.0. The van der Waals surface area contributed by atoms with Gasteiger partial charge in [-0.3, -0.25) is 4.79 Å². The molecule has 0 bridgehead atoms. The lowest BCUT2D eigenvalue weighted by Gasteiger charge is -2.31. The van der Waals surface area contributed by atoms with E-state index >= 15 is 0 Å². The molecule has 1 atom stereocenters. The quantitative estimate of drug-likeness (QED) is 0.632. The highest BCUT2D eigenvalue weighted by Gasteiger charge is 2.27. The predicted molar refractivity (Wildman–Crippen MR) is 86.2 cm³/mol. The molecule has 3 heterocycles. The molecule has 3 rings (SSSR count). The molecule has 1 amide bonds. The van der Waals surface area contributed by atoms with Crippen molar-refractivity contribution in [3.63, 3.8) is 0 Å². The molecule has 1 aliphatic heterocycles. The first-order chi connectivity index (χ1) is 11.1. The molecule has 0 radical (unpaired) electrons. The van der Waals surface area contributed by atoms with E-state index in [0.717, 1.165) is 17.1 Å². The van der Waals surface area contributed by atoms with Gasteiger partial charge in [0.25, 0.3) is 0 Å². The molecule has 0 saturated carbocycles. The first-order valence-corrected chi connectivity index (χ1v) is 8.48. The van der Waals surface area contributed by atoms with Crippen molar-refractivity contribution in [2.24, 2.45) is 0 Å². The van der Waals surface area contributed by atoms with E-state index in [0.29, 0.717) is 30.6 Å². The second kappa shape index (κ2) is 7.14. The van der Waals surface area contributed by atoms with Crippen LogP contribution in [0.25, 0.3) is 0 Å². The third-order valence-corrected chi connectivity index (χ3v) is 4.40. The molecule has 2 aromatic heterocycles. The van der Waals surface area contributed by atoms with Gasteiger partial charge in [0.1, 0.15) is 11.9 Å². The first-order valence-electron chi connectivity index (χ1n) is 7.49. The van der Waals surface area contributed by atoms with Gasteiger partial charge in [-0.1, -0.05) is 11.8 Å². The highest BCUT2D eigenvalue weighted by Crippen LogP contribution is 2.23. The minimum absolute atomic E-state index is 0.0672. The zero-order chi connectivity index (χ0) is 16.2. The van der Waals surface area contributed by atoms with Crippen molar-refractivity contribution in [3.05, 3.63) is 41.6 Å². The molecule has 7 heteroatoms. The van der Waals surface area contributed by atoms with Crippen molar-refractivity contribution in [3.8, 4) is 0 Å². The topological polar surface area (TPSA) is 68.5 Å². The maximum atomic E-state index is 12.4. The van der Waals surface area contributed by atoms with E-state index in [2.05, 4.69) is 9.97 Å². The third-order valence-electron chi connectivity index (χ3n) is 3.57. The van der Waals surface area contributed by atoms with Crippen LogP contribution in [0.5, 0.6) is 0 Å². The smallest absolute Gasteiger partial charge is 0.233 e. The Balaban J connectivity index is 1.57. The number of hydrogen-bond acceptors (Lipinski definition) is 6. The summed E-state index contributed by atoms with van der Waals surface area (Å²) in [4.78, 5) is 22.9. The van der Waals surface area contributed by atoms with E-state index in [1.165, 1.54) is 11.8 Å². The van der Waals surface area contributed by atoms with Crippen LogP contribution < -0.4 is 0 Å². The van der Waals surface area contributed by atoms with Crippen LogP contribution in [0.15, 0.2) is 34.0 Å². The van der Waals surface area contributed by atoms with Gasteiger partial charge >= 0.3 is 0 Å². The predicted octanol–water partition coefficient (Wildman–Crippen LogP) is 2.38. The Morgan fingerprint density at radius 3 is 2.87 bits per heavy atom. The molecule has 0 spiro atoms. The SMILES string of the molecule is Cc1cc(C)nc(SCC(=O)N2CCO[C@H](c3ccco3)C2)n1. The fourth-order valence-corrected chi connectivity index (χ4v) is 3.35.